The molecule has 15 heavy (non-hydrogen) atoms. The fourth-order valence-electron chi connectivity index (χ4n) is 1.38. The van der Waals surface area contributed by atoms with Crippen LogP contribution in [0.2, 0.25) is 0 Å². The van der Waals surface area contributed by atoms with Crippen LogP contribution in [-0.4, -0.2) is 30.1 Å². The molecule has 1 heterocycles. The molecule has 0 saturated heterocycles. The third-order valence-corrected chi connectivity index (χ3v) is 2.01. The summed E-state index contributed by atoms with van der Waals surface area (Å²) in [6.07, 6.45) is 4.41. The zero-order chi connectivity index (χ0) is 11.5. The Balaban J connectivity index is 2.56. The molecule has 0 radical (unpaired) electrons. The van der Waals surface area contributed by atoms with Gasteiger partial charge in [-0.25, -0.2) is 0 Å². The van der Waals surface area contributed by atoms with Crippen LogP contribution in [0.1, 0.15) is 27.2 Å². The van der Waals surface area contributed by atoms with Crippen LogP contribution in [-0.2, 0) is 0 Å². The van der Waals surface area contributed by atoms with Gasteiger partial charge in [0, 0.05) is 25.4 Å². The van der Waals surface area contributed by atoms with E-state index in [-0.39, 0.29) is 11.6 Å². The van der Waals surface area contributed by atoms with Gasteiger partial charge < -0.3 is 0 Å². The maximum atomic E-state index is 5.63. The van der Waals surface area contributed by atoms with E-state index in [0.717, 1.165) is 13.0 Å². The van der Waals surface area contributed by atoms with Crippen LogP contribution < -0.4 is 0 Å². The van der Waals surface area contributed by atoms with Crippen molar-refractivity contribution in [2.45, 2.75) is 33.4 Å². The minimum atomic E-state index is 0.0831. The number of hydrazone groups is 1. The molecule has 1 atom stereocenters. The second-order valence-corrected chi connectivity index (χ2v) is 5.38. The van der Waals surface area contributed by atoms with E-state index in [9.17, 15) is 0 Å². The van der Waals surface area contributed by atoms with Gasteiger partial charge in [0.15, 0.2) is 0 Å². The first-order chi connectivity index (χ1) is 6.88. The molecule has 4 heteroatoms. The van der Waals surface area contributed by atoms with Gasteiger partial charge in [-0.3, -0.25) is 10.0 Å². The fourth-order valence-corrected chi connectivity index (χ4v) is 1.44. The van der Waals surface area contributed by atoms with Crippen LogP contribution in [0, 0.1) is 5.41 Å². The van der Waals surface area contributed by atoms with Gasteiger partial charge in [0.25, 0.3) is 0 Å². The van der Waals surface area contributed by atoms with Crippen LogP contribution in [0.4, 0.5) is 0 Å². The summed E-state index contributed by atoms with van der Waals surface area (Å²) in [6, 6.07) is 0. The zero-order valence-corrected chi connectivity index (χ0v) is 10.3. The highest BCUT2D eigenvalue weighted by molar-refractivity contribution is 6.38. The lowest BCUT2D eigenvalue weighted by molar-refractivity contribution is 0.165. The Bertz CT molecular complexity index is 289. The van der Waals surface area contributed by atoms with Crippen molar-refractivity contribution >= 4 is 24.0 Å². The normalized spacial score (nSPS) is 21.6. The van der Waals surface area contributed by atoms with Crippen molar-refractivity contribution in [2.75, 3.05) is 6.54 Å². The van der Waals surface area contributed by atoms with E-state index in [0.29, 0.717) is 5.03 Å². The number of hydrogen-bond acceptors (Lipinski definition) is 3. The van der Waals surface area contributed by atoms with Crippen molar-refractivity contribution in [2.24, 2.45) is 15.5 Å². The van der Waals surface area contributed by atoms with E-state index in [4.69, 9.17) is 11.6 Å². The molecular formula is C11H18ClN3. The highest BCUT2D eigenvalue weighted by Crippen LogP contribution is 2.21. The largest absolute Gasteiger partial charge is 0.272 e. The molecule has 1 aliphatic rings. The maximum Gasteiger partial charge on any atom is 0.141 e. The second-order valence-electron chi connectivity index (χ2n) is 4.90. The zero-order valence-electron chi connectivity index (χ0n) is 9.57. The Kier molecular flexibility index (Phi) is 3.91. The SMILES string of the molecule is C=C(Cl)C=NC1CC=NN1CC(C)(C)C. The molecule has 1 aliphatic heterocycles. The Morgan fingerprint density at radius 1 is 1.73 bits per heavy atom. The number of halogens is 1. The highest BCUT2D eigenvalue weighted by Gasteiger charge is 2.24. The van der Waals surface area contributed by atoms with Gasteiger partial charge in [-0.1, -0.05) is 39.0 Å². The number of allylic oxidation sites excluding steroid dienone is 1. The van der Waals surface area contributed by atoms with Crippen LogP contribution >= 0.6 is 11.6 Å². The number of hydrogen-bond donors (Lipinski definition) is 0. The molecule has 84 valence electrons. The molecule has 1 rings (SSSR count). The summed E-state index contributed by atoms with van der Waals surface area (Å²) in [4.78, 5) is 4.33. The van der Waals surface area contributed by atoms with Gasteiger partial charge in [-0.2, -0.15) is 5.10 Å². The summed E-state index contributed by atoms with van der Waals surface area (Å²) < 4.78 is 0. The topological polar surface area (TPSA) is 28.0 Å². The first kappa shape index (κ1) is 12.2. The van der Waals surface area contributed by atoms with E-state index in [1.54, 1.807) is 6.21 Å². The minimum absolute atomic E-state index is 0.0831. The third-order valence-electron chi connectivity index (χ3n) is 1.91. The Labute approximate surface area is 96.5 Å². The molecule has 0 fully saturated rings. The summed E-state index contributed by atoms with van der Waals surface area (Å²) in [5.41, 5.74) is 0.216. The van der Waals surface area contributed by atoms with Gasteiger partial charge in [-0.05, 0) is 5.41 Å². The van der Waals surface area contributed by atoms with E-state index in [2.05, 4.69) is 37.4 Å². The van der Waals surface area contributed by atoms with Gasteiger partial charge in [0.05, 0.1) is 5.03 Å². The molecule has 0 aromatic heterocycles. The average molecular weight is 228 g/mol. The van der Waals surface area contributed by atoms with E-state index < -0.39 is 0 Å². The van der Waals surface area contributed by atoms with Crippen LogP contribution in [0.15, 0.2) is 21.7 Å². The molecule has 1 unspecified atom stereocenters. The summed E-state index contributed by atoms with van der Waals surface area (Å²) in [7, 11) is 0. The molecule has 0 aliphatic carbocycles. The Hall–Kier alpha value is -0.830. The van der Waals surface area contributed by atoms with Crippen LogP contribution in [0.3, 0.4) is 0 Å². The number of nitrogens with zero attached hydrogens (tertiary/aromatic N) is 3. The number of aliphatic imine (C=N–C) groups is 1. The monoisotopic (exact) mass is 227 g/mol. The van der Waals surface area contributed by atoms with Crippen LogP contribution in [0.5, 0.6) is 0 Å². The lowest BCUT2D eigenvalue weighted by atomic mass is 9.96. The van der Waals surface area contributed by atoms with Crippen molar-refractivity contribution in [3.63, 3.8) is 0 Å². The quantitative estimate of drug-likeness (QED) is 0.682. The lowest BCUT2D eigenvalue weighted by Crippen LogP contribution is -2.33. The minimum Gasteiger partial charge on any atom is -0.272 e. The summed E-state index contributed by atoms with van der Waals surface area (Å²) in [5.74, 6) is 0. The van der Waals surface area contributed by atoms with Crippen molar-refractivity contribution < 1.29 is 0 Å². The maximum absolute atomic E-state index is 5.63. The number of rotatable bonds is 3. The molecule has 0 spiro atoms. The predicted molar refractivity (Wildman–Crippen MR) is 66.5 cm³/mol. The predicted octanol–water partition coefficient (Wildman–Crippen LogP) is 2.87. The van der Waals surface area contributed by atoms with Gasteiger partial charge in [0.2, 0.25) is 0 Å². The van der Waals surface area contributed by atoms with Crippen molar-refractivity contribution in [1.29, 1.82) is 0 Å². The summed E-state index contributed by atoms with van der Waals surface area (Å²) >= 11 is 5.63. The molecule has 3 nitrogen and oxygen atoms in total. The third kappa shape index (κ3) is 4.47. The van der Waals surface area contributed by atoms with Crippen LogP contribution in [0.25, 0.3) is 0 Å². The summed E-state index contributed by atoms with van der Waals surface area (Å²) in [5, 5.41) is 6.75. The van der Waals surface area contributed by atoms with E-state index >= 15 is 0 Å². The average Bonchev–Trinajstić information content (AvgIpc) is 2.45. The smallest absolute Gasteiger partial charge is 0.141 e. The molecule has 0 saturated carbocycles. The van der Waals surface area contributed by atoms with Crippen molar-refractivity contribution in [3.05, 3.63) is 11.6 Å². The Morgan fingerprint density at radius 3 is 2.93 bits per heavy atom. The Morgan fingerprint density at radius 2 is 2.40 bits per heavy atom. The molecule has 0 amide bonds. The highest BCUT2D eigenvalue weighted by atomic mass is 35.5. The van der Waals surface area contributed by atoms with E-state index in [1.807, 2.05) is 11.2 Å². The van der Waals surface area contributed by atoms with Gasteiger partial charge in [-0.15, -0.1) is 0 Å². The van der Waals surface area contributed by atoms with Gasteiger partial charge >= 0.3 is 0 Å². The lowest BCUT2D eigenvalue weighted by Gasteiger charge is -2.28. The fraction of sp³-hybridized carbons (Fsp3) is 0.636. The first-order valence-corrected chi connectivity index (χ1v) is 5.43. The molecule has 0 aromatic rings. The van der Waals surface area contributed by atoms with Crippen molar-refractivity contribution in [1.82, 2.24) is 5.01 Å². The van der Waals surface area contributed by atoms with Crippen molar-refractivity contribution in [3.8, 4) is 0 Å². The first-order valence-electron chi connectivity index (χ1n) is 5.05. The summed E-state index contributed by atoms with van der Waals surface area (Å²) in [6.45, 7) is 11.0. The second kappa shape index (κ2) is 4.79. The molecule has 0 aromatic carbocycles. The molecule has 0 N–H and O–H groups in total. The molecule has 0 bridgehead atoms. The van der Waals surface area contributed by atoms with E-state index in [1.165, 1.54) is 0 Å². The molecular weight excluding hydrogens is 210 g/mol. The standard InChI is InChI=1S/C11H18ClN3/c1-9(12)7-13-10-5-6-14-15(10)8-11(2,3)4/h6-7,10H,1,5,8H2,2-4H3. The van der Waals surface area contributed by atoms with Gasteiger partial charge in [0.1, 0.15) is 6.17 Å².